The Labute approximate surface area is 140 Å². The lowest BCUT2D eigenvalue weighted by Crippen LogP contribution is -2.34. The van der Waals surface area contributed by atoms with Gasteiger partial charge in [0.1, 0.15) is 5.69 Å². The van der Waals surface area contributed by atoms with Crippen molar-refractivity contribution < 1.29 is 43.2 Å². The number of alkyl halides is 6. The summed E-state index contributed by atoms with van der Waals surface area (Å²) >= 11 is 0. The highest BCUT2D eigenvalue weighted by atomic mass is 32.3. The Morgan fingerprint density at radius 2 is 1.08 bits per heavy atom. The molecule has 0 aliphatic rings. The maximum Gasteiger partial charge on any atom is 0.480 e. The molecule has 14 heteroatoms. The molecule has 0 aliphatic heterocycles. The second-order valence-electron chi connectivity index (χ2n) is 5.26. The van der Waals surface area contributed by atoms with Gasteiger partial charge in [-0.1, -0.05) is 18.2 Å². The summed E-state index contributed by atoms with van der Waals surface area (Å²) in [4.78, 5) is 0. The van der Waals surface area contributed by atoms with Crippen molar-refractivity contribution in [2.45, 2.75) is 11.0 Å². The molecule has 1 aromatic carbocycles. The van der Waals surface area contributed by atoms with Gasteiger partial charge in [-0.05, 0) is 12.1 Å². The average Bonchev–Trinajstić information content (AvgIpc) is 2.35. The Morgan fingerprint density at radius 1 is 0.760 bits per heavy atom. The molecule has 0 saturated carbocycles. The van der Waals surface area contributed by atoms with E-state index in [-0.39, 0.29) is 0 Å². The van der Waals surface area contributed by atoms with Gasteiger partial charge < -0.3 is 4.13 Å². The topological polar surface area (TPSA) is 82.4 Å². The lowest BCUT2D eigenvalue weighted by molar-refractivity contribution is -0.0444. The van der Waals surface area contributed by atoms with Gasteiger partial charge in [0.05, 0.1) is 21.1 Å². The van der Waals surface area contributed by atoms with E-state index in [2.05, 4.69) is 45.4 Å². The molecule has 0 saturated heterocycles. The first-order valence-electron chi connectivity index (χ1n) is 6.05. The minimum atomic E-state index is -6.72. The molecule has 0 spiro atoms. The monoisotopic (exact) mass is 416 g/mol. The van der Waals surface area contributed by atoms with Crippen LogP contribution >= 0.6 is 0 Å². The second kappa shape index (κ2) is 7.47. The van der Waals surface area contributed by atoms with E-state index in [4.69, 9.17) is 0 Å². The fourth-order valence-electron chi connectivity index (χ4n) is 1.09. The number of quaternary nitrogens is 1. The number of rotatable bonds is 3. The summed E-state index contributed by atoms with van der Waals surface area (Å²) in [7, 11) is -6.96. The first kappa shape index (κ1) is 23.6. The average molecular weight is 416 g/mol. The molecular weight excluding hydrogens is 402 g/mol. The van der Waals surface area contributed by atoms with Gasteiger partial charge in [0, 0.05) is 0 Å². The Balaban J connectivity index is 0.000000496. The van der Waals surface area contributed by atoms with Crippen LogP contribution in [0.5, 0.6) is 0 Å². The summed E-state index contributed by atoms with van der Waals surface area (Å²) in [6.07, 6.45) is 0. The zero-order chi connectivity index (χ0) is 20.3. The lowest BCUT2D eigenvalue weighted by atomic mass is 10.3. The van der Waals surface area contributed by atoms with Crippen LogP contribution in [0.4, 0.5) is 32.0 Å². The smallest absolute Gasteiger partial charge is 0.421 e. The third-order valence-corrected chi connectivity index (χ3v) is 5.05. The molecule has 0 radical (unpaired) electrons. The molecule has 0 unspecified atom stereocenters. The fourth-order valence-corrected chi connectivity index (χ4v) is 2.80. The summed E-state index contributed by atoms with van der Waals surface area (Å²) in [5.41, 5.74) is -11.1. The van der Waals surface area contributed by atoms with Crippen molar-refractivity contribution in [3.8, 4) is 0 Å². The van der Waals surface area contributed by atoms with E-state index >= 15 is 0 Å². The SMILES string of the molecule is C[N+](C)(C)c1ccccc1.O=S(=O)([N-]S(=O)(=O)C(F)(F)F)C(F)(F)F. The van der Waals surface area contributed by atoms with Crippen LogP contribution < -0.4 is 4.48 Å². The molecule has 0 bridgehead atoms. The Kier molecular flexibility index (Phi) is 7.06. The number of nitrogens with zero attached hydrogens (tertiary/aromatic N) is 2. The molecule has 0 atom stereocenters. The standard InChI is InChI=1S/C9H14N.C2F6NO4S2/c1-10(2,3)9-7-5-4-6-8-9;3-1(4,5)14(10,11)9-15(12,13)2(6,7)8/h4-8H,1-3H3;/q+1;-1. The van der Waals surface area contributed by atoms with Gasteiger partial charge in [-0.3, -0.25) is 4.48 Å². The van der Waals surface area contributed by atoms with Crippen molar-refractivity contribution in [2.24, 2.45) is 0 Å². The van der Waals surface area contributed by atoms with Crippen molar-refractivity contribution in [3.63, 3.8) is 0 Å². The van der Waals surface area contributed by atoms with Gasteiger partial charge in [0.25, 0.3) is 0 Å². The number of halogens is 6. The summed E-state index contributed by atoms with van der Waals surface area (Å²) in [6.45, 7) is 0. The van der Waals surface area contributed by atoms with Gasteiger partial charge in [0.15, 0.2) is 20.0 Å². The first-order valence-corrected chi connectivity index (χ1v) is 8.93. The molecule has 0 aromatic heterocycles. The molecule has 1 aromatic rings. The molecule has 146 valence electrons. The van der Waals surface area contributed by atoms with Crippen LogP contribution in [0.1, 0.15) is 0 Å². The third-order valence-electron chi connectivity index (χ3n) is 2.31. The van der Waals surface area contributed by atoms with E-state index < -0.39 is 31.1 Å². The highest BCUT2D eigenvalue weighted by Gasteiger charge is 2.46. The van der Waals surface area contributed by atoms with E-state index in [1.165, 1.54) is 5.69 Å². The summed E-state index contributed by atoms with van der Waals surface area (Å²) < 4.78 is 110. The van der Waals surface area contributed by atoms with Gasteiger partial charge in [-0.15, -0.1) is 0 Å². The van der Waals surface area contributed by atoms with E-state index in [1.807, 2.05) is 6.07 Å². The van der Waals surface area contributed by atoms with Crippen LogP contribution in [-0.2, 0) is 20.0 Å². The summed E-state index contributed by atoms with van der Waals surface area (Å²) in [5, 5.41) is 0. The summed E-state index contributed by atoms with van der Waals surface area (Å²) in [6, 6.07) is 10.5. The van der Waals surface area contributed by atoms with Crippen LogP contribution in [0.15, 0.2) is 30.3 Å². The minimum absolute atomic E-state index is 0.778. The maximum atomic E-state index is 11.4. The zero-order valence-electron chi connectivity index (χ0n) is 13.0. The number of benzene rings is 1. The van der Waals surface area contributed by atoms with Gasteiger partial charge in [-0.25, -0.2) is 16.8 Å². The number of hydrogen-bond donors (Lipinski definition) is 0. The molecule has 0 amide bonds. The highest BCUT2D eigenvalue weighted by Crippen LogP contribution is 2.36. The van der Waals surface area contributed by atoms with Crippen LogP contribution in [0, 0.1) is 0 Å². The summed E-state index contributed by atoms with van der Waals surface area (Å²) in [5.74, 6) is 0. The van der Waals surface area contributed by atoms with Crippen LogP contribution in [0.2, 0.25) is 0 Å². The molecule has 0 fully saturated rings. The van der Waals surface area contributed by atoms with E-state index in [0.717, 1.165) is 8.61 Å². The molecule has 0 aliphatic carbocycles. The number of sulfonamides is 2. The number of hydrogen-bond acceptors (Lipinski definition) is 4. The zero-order valence-corrected chi connectivity index (χ0v) is 14.6. The highest BCUT2D eigenvalue weighted by molar-refractivity contribution is 8.13. The van der Waals surface area contributed by atoms with E-state index in [9.17, 15) is 43.2 Å². The molecule has 1 rings (SSSR count). The van der Waals surface area contributed by atoms with E-state index in [0.29, 0.717) is 0 Å². The first-order chi connectivity index (χ1) is 10.8. The normalized spacial score (nSPS) is 13.8. The van der Waals surface area contributed by atoms with Crippen molar-refractivity contribution in [1.29, 1.82) is 0 Å². The van der Waals surface area contributed by atoms with Crippen molar-refractivity contribution >= 4 is 25.7 Å². The van der Waals surface area contributed by atoms with Gasteiger partial charge in [0.2, 0.25) is 0 Å². The van der Waals surface area contributed by atoms with Crippen LogP contribution in [0.3, 0.4) is 0 Å². The van der Waals surface area contributed by atoms with Crippen molar-refractivity contribution in [2.75, 3.05) is 21.1 Å². The maximum absolute atomic E-state index is 11.4. The Hall–Kier alpha value is -1.38. The quantitative estimate of drug-likeness (QED) is 0.560. The van der Waals surface area contributed by atoms with Crippen LogP contribution in [-0.4, -0.2) is 49.0 Å². The predicted molar refractivity (Wildman–Crippen MR) is 79.3 cm³/mol. The minimum Gasteiger partial charge on any atom is -0.421 e. The molecule has 0 heterocycles. The second-order valence-corrected chi connectivity index (χ2v) is 8.69. The largest absolute Gasteiger partial charge is 0.480 e. The molecular formula is C11H14F6N2O4S2. The van der Waals surface area contributed by atoms with Crippen molar-refractivity contribution in [1.82, 2.24) is 4.48 Å². The number of para-hydroxylation sites is 1. The Morgan fingerprint density at radius 3 is 1.28 bits per heavy atom. The van der Waals surface area contributed by atoms with Gasteiger partial charge >= 0.3 is 11.0 Å². The van der Waals surface area contributed by atoms with Crippen molar-refractivity contribution in [3.05, 3.63) is 34.5 Å². The van der Waals surface area contributed by atoms with E-state index in [1.54, 1.807) is 0 Å². The lowest BCUT2D eigenvalue weighted by Gasteiger charge is -2.22. The fraction of sp³-hybridized carbons (Fsp3) is 0.455. The van der Waals surface area contributed by atoms with Crippen LogP contribution in [0.25, 0.3) is 4.13 Å². The Bertz CT molecular complexity index is 724. The molecule has 25 heavy (non-hydrogen) atoms. The molecule has 6 nitrogen and oxygen atoms in total. The predicted octanol–water partition coefficient (Wildman–Crippen LogP) is 2.94. The van der Waals surface area contributed by atoms with Gasteiger partial charge in [-0.2, -0.15) is 26.3 Å². The molecule has 0 N–H and O–H groups in total. The third kappa shape index (κ3) is 7.17.